The van der Waals surface area contributed by atoms with Gasteiger partial charge >= 0.3 is 0 Å². The molecule has 302 valence electrons. The van der Waals surface area contributed by atoms with E-state index in [1.807, 2.05) is 88.8 Å². The number of likely N-dealkylation sites (tertiary alicyclic amines) is 1. The van der Waals surface area contributed by atoms with Crippen molar-refractivity contribution in [1.29, 1.82) is 0 Å². The fourth-order valence-electron chi connectivity index (χ4n) is 8.80. The molecule has 1 N–H and O–H groups in total. The average Bonchev–Trinajstić information content (AvgIpc) is 3.62. The van der Waals surface area contributed by atoms with Gasteiger partial charge in [0.2, 0.25) is 11.8 Å². The molecular formula is C44H70N4O6. The lowest BCUT2D eigenvalue weighted by Crippen LogP contribution is -2.54. The molecule has 0 spiro atoms. The number of rotatable bonds is 22. The highest BCUT2D eigenvalue weighted by Gasteiger charge is 2.42. The molecule has 0 saturated carbocycles. The van der Waals surface area contributed by atoms with Crippen molar-refractivity contribution < 1.29 is 29.0 Å². The standard InChI is InChI=1S/C44H70N4O6/c1-12-30(6)43(47(10)44(53)34(28(2)3)25-39(51)42(29(4)5)46(8)9)40(54-11)26-41(52)48-24-16-20-37(48)35(27-49)31(7)38(50)21-15-18-33-23-22-32-17-13-14-19-36(32)45-33/h13-14,17,19,22-23,28-31,34-35,37,40,42-43,49H,12,15-16,18,20-21,24-27H2,1-11H3/t30-,31+,34-,35+,37-,40+,42-,43?/m0/s1. The first-order valence-corrected chi connectivity index (χ1v) is 20.3. The summed E-state index contributed by atoms with van der Waals surface area (Å²) in [6.07, 6.45) is 3.66. The Labute approximate surface area is 325 Å². The Morgan fingerprint density at radius 2 is 1.63 bits per heavy atom. The number of amides is 2. The third-order valence-electron chi connectivity index (χ3n) is 12.1. The second-order valence-electron chi connectivity index (χ2n) is 16.7. The molecule has 0 radical (unpaired) electrons. The van der Waals surface area contributed by atoms with Crippen LogP contribution in [0.15, 0.2) is 36.4 Å². The summed E-state index contributed by atoms with van der Waals surface area (Å²) in [5, 5.41) is 11.7. The zero-order valence-corrected chi connectivity index (χ0v) is 35.1. The Morgan fingerprint density at radius 1 is 0.944 bits per heavy atom. The summed E-state index contributed by atoms with van der Waals surface area (Å²) in [4.78, 5) is 65.7. The molecule has 1 aromatic heterocycles. The van der Waals surface area contributed by atoms with Crippen molar-refractivity contribution in [3.8, 4) is 0 Å². The minimum atomic E-state index is -0.577. The molecule has 0 aliphatic carbocycles. The summed E-state index contributed by atoms with van der Waals surface area (Å²) in [6, 6.07) is 11.1. The summed E-state index contributed by atoms with van der Waals surface area (Å²) < 4.78 is 6.05. The average molecular weight is 751 g/mol. The summed E-state index contributed by atoms with van der Waals surface area (Å²) in [5.41, 5.74) is 1.89. The number of hydrogen-bond donors (Lipinski definition) is 1. The maximum Gasteiger partial charge on any atom is 0.226 e. The largest absolute Gasteiger partial charge is 0.396 e. The normalized spacial score (nSPS) is 18.8. The molecule has 10 nitrogen and oxygen atoms in total. The molecule has 10 heteroatoms. The van der Waals surface area contributed by atoms with Crippen molar-refractivity contribution in [2.75, 3.05) is 41.4 Å². The van der Waals surface area contributed by atoms with Gasteiger partial charge in [-0.15, -0.1) is 0 Å². The second-order valence-corrected chi connectivity index (χ2v) is 16.7. The van der Waals surface area contributed by atoms with Gasteiger partial charge < -0.3 is 19.6 Å². The van der Waals surface area contributed by atoms with E-state index in [4.69, 9.17) is 9.72 Å². The van der Waals surface area contributed by atoms with Gasteiger partial charge in [-0.3, -0.25) is 29.1 Å². The SMILES string of the molecule is CC[C@H](C)C([C@@H](CC(=O)N1CCC[C@H]1[C@H](CO)[C@@H](C)C(=O)CCCc1ccc2ccccc2n1)OC)N(C)C(=O)[C@@H](CC(=O)[C@H](C(C)C)N(C)C)C(C)C. The molecule has 1 unspecified atom stereocenters. The number of aromatic nitrogens is 1. The van der Waals surface area contributed by atoms with E-state index in [0.29, 0.717) is 25.8 Å². The number of pyridine rings is 1. The molecule has 1 saturated heterocycles. The first-order chi connectivity index (χ1) is 25.6. The van der Waals surface area contributed by atoms with Gasteiger partial charge in [-0.25, -0.2) is 0 Å². The Bertz CT molecular complexity index is 1520. The minimum absolute atomic E-state index is 0.0208. The summed E-state index contributed by atoms with van der Waals surface area (Å²) in [7, 11) is 7.17. The molecule has 2 amide bonds. The number of methoxy groups -OCH3 is 1. The molecule has 3 rings (SSSR count). The van der Waals surface area contributed by atoms with Gasteiger partial charge in [-0.2, -0.15) is 0 Å². The Morgan fingerprint density at radius 3 is 2.22 bits per heavy atom. The van der Waals surface area contributed by atoms with E-state index in [2.05, 4.69) is 19.9 Å². The highest BCUT2D eigenvalue weighted by molar-refractivity contribution is 5.90. The molecule has 8 atom stereocenters. The summed E-state index contributed by atoms with van der Waals surface area (Å²) >= 11 is 0. The summed E-state index contributed by atoms with van der Waals surface area (Å²) in [6.45, 7) is 14.4. The number of nitrogens with zero attached hydrogens (tertiary/aromatic N) is 4. The molecule has 2 aromatic rings. The Kier molecular flexibility index (Phi) is 17.7. The number of ether oxygens (including phenoxy) is 1. The Balaban J connectivity index is 1.71. The molecule has 1 aliphatic heterocycles. The lowest BCUT2D eigenvalue weighted by atomic mass is 9.82. The first kappa shape index (κ1) is 45.2. The number of hydrogen-bond acceptors (Lipinski definition) is 8. The van der Waals surface area contributed by atoms with Gasteiger partial charge in [-0.05, 0) is 69.7 Å². The van der Waals surface area contributed by atoms with Crippen LogP contribution in [0.5, 0.6) is 0 Å². The van der Waals surface area contributed by atoms with Crippen LogP contribution in [0.2, 0.25) is 0 Å². The second kappa shape index (κ2) is 21.2. The number of benzene rings is 1. The van der Waals surface area contributed by atoms with Gasteiger partial charge in [0.05, 0.1) is 30.1 Å². The van der Waals surface area contributed by atoms with E-state index in [1.54, 1.807) is 19.1 Å². The zero-order chi connectivity index (χ0) is 40.3. The monoisotopic (exact) mass is 751 g/mol. The third-order valence-corrected chi connectivity index (χ3v) is 12.1. The van der Waals surface area contributed by atoms with Crippen molar-refractivity contribution in [1.82, 2.24) is 19.7 Å². The minimum Gasteiger partial charge on any atom is -0.396 e. The van der Waals surface area contributed by atoms with Gasteiger partial charge in [0, 0.05) is 75.0 Å². The maximum absolute atomic E-state index is 14.3. The predicted octanol–water partition coefficient (Wildman–Crippen LogP) is 6.46. The number of aliphatic hydroxyl groups is 1. The van der Waals surface area contributed by atoms with Gasteiger partial charge in [0.1, 0.15) is 5.78 Å². The molecule has 1 fully saturated rings. The van der Waals surface area contributed by atoms with Crippen LogP contribution in [0.25, 0.3) is 10.9 Å². The number of carbonyl (C=O) groups excluding carboxylic acids is 4. The Hall–Kier alpha value is -3.21. The van der Waals surface area contributed by atoms with Crippen molar-refractivity contribution in [2.24, 2.45) is 35.5 Å². The van der Waals surface area contributed by atoms with E-state index < -0.39 is 24.0 Å². The van der Waals surface area contributed by atoms with E-state index in [-0.39, 0.29) is 78.6 Å². The number of Topliss-reactive ketones (excluding diaryl/α,β-unsaturated/α-hetero) is 2. The van der Waals surface area contributed by atoms with Gasteiger partial charge in [0.15, 0.2) is 5.78 Å². The van der Waals surface area contributed by atoms with Crippen LogP contribution in [0.3, 0.4) is 0 Å². The highest BCUT2D eigenvalue weighted by Crippen LogP contribution is 2.33. The number of fused-ring (bicyclic) bond motifs is 1. The number of aliphatic hydroxyl groups excluding tert-OH is 1. The van der Waals surface area contributed by atoms with Crippen LogP contribution in [0.1, 0.15) is 99.1 Å². The van der Waals surface area contributed by atoms with Crippen LogP contribution >= 0.6 is 0 Å². The number of para-hydroxylation sites is 1. The van der Waals surface area contributed by atoms with Crippen molar-refractivity contribution in [3.05, 3.63) is 42.1 Å². The van der Waals surface area contributed by atoms with Crippen molar-refractivity contribution in [3.63, 3.8) is 0 Å². The smallest absolute Gasteiger partial charge is 0.226 e. The fourth-order valence-corrected chi connectivity index (χ4v) is 8.80. The molecule has 0 bridgehead atoms. The molecular weight excluding hydrogens is 681 g/mol. The number of ketones is 2. The van der Waals surface area contributed by atoms with Crippen LogP contribution in [0.4, 0.5) is 0 Å². The first-order valence-electron chi connectivity index (χ1n) is 20.3. The lowest BCUT2D eigenvalue weighted by Gasteiger charge is -2.41. The van der Waals surface area contributed by atoms with E-state index in [9.17, 15) is 24.3 Å². The summed E-state index contributed by atoms with van der Waals surface area (Å²) in [5.74, 6) is -1.27. The van der Waals surface area contributed by atoms with E-state index in [0.717, 1.165) is 35.9 Å². The van der Waals surface area contributed by atoms with Crippen LogP contribution in [-0.4, -0.2) is 114 Å². The van der Waals surface area contributed by atoms with Crippen LogP contribution in [-0.2, 0) is 30.3 Å². The topological polar surface area (TPSA) is 120 Å². The lowest BCUT2D eigenvalue weighted by molar-refractivity contribution is -0.148. The zero-order valence-electron chi connectivity index (χ0n) is 35.1. The molecule has 1 aliphatic rings. The van der Waals surface area contributed by atoms with Crippen molar-refractivity contribution >= 4 is 34.3 Å². The van der Waals surface area contributed by atoms with Crippen LogP contribution in [0, 0.1) is 35.5 Å². The van der Waals surface area contributed by atoms with Crippen LogP contribution < -0.4 is 0 Å². The number of likely N-dealkylation sites (N-methyl/N-ethyl adjacent to an activating group) is 2. The third kappa shape index (κ3) is 11.4. The van der Waals surface area contributed by atoms with Crippen molar-refractivity contribution in [2.45, 2.75) is 124 Å². The number of carbonyl (C=O) groups is 4. The fraction of sp³-hybridized carbons (Fsp3) is 0.705. The van der Waals surface area contributed by atoms with Gasteiger partial charge in [-0.1, -0.05) is 79.2 Å². The molecule has 54 heavy (non-hydrogen) atoms. The van der Waals surface area contributed by atoms with Gasteiger partial charge in [0.25, 0.3) is 0 Å². The maximum atomic E-state index is 14.3. The highest BCUT2D eigenvalue weighted by atomic mass is 16.5. The van der Waals surface area contributed by atoms with E-state index >= 15 is 0 Å². The quantitative estimate of drug-likeness (QED) is 0.146. The number of aryl methyl sites for hydroxylation is 1. The predicted molar refractivity (Wildman–Crippen MR) is 216 cm³/mol. The molecule has 1 aromatic carbocycles. The van der Waals surface area contributed by atoms with E-state index in [1.165, 1.54) is 0 Å². The molecule has 2 heterocycles.